The molecule has 0 saturated heterocycles. The lowest BCUT2D eigenvalue weighted by atomic mass is 10.1. The predicted octanol–water partition coefficient (Wildman–Crippen LogP) is 2.49. The fourth-order valence-corrected chi connectivity index (χ4v) is 4.01. The van der Waals surface area contributed by atoms with Crippen LogP contribution in [0.4, 0.5) is 5.69 Å². The zero-order valence-electron chi connectivity index (χ0n) is 13.4. The molecular formula is C16H24N2O3S. The zero-order valence-corrected chi connectivity index (χ0v) is 14.3. The summed E-state index contributed by atoms with van der Waals surface area (Å²) in [7, 11) is -1.44. The maximum atomic E-state index is 12.5. The van der Waals surface area contributed by atoms with Crippen molar-refractivity contribution < 1.29 is 13.2 Å². The maximum Gasteiger partial charge on any atom is 0.253 e. The van der Waals surface area contributed by atoms with E-state index in [1.165, 1.54) is 23.4 Å². The minimum atomic E-state index is -3.29. The Balaban J connectivity index is 2.16. The van der Waals surface area contributed by atoms with Crippen LogP contribution in [0.2, 0.25) is 0 Å². The normalized spacial score (nSPS) is 15.8. The summed E-state index contributed by atoms with van der Waals surface area (Å²) in [6.07, 6.45) is 5.68. The molecule has 1 aromatic carbocycles. The van der Waals surface area contributed by atoms with Crippen LogP contribution < -0.4 is 4.31 Å². The predicted molar refractivity (Wildman–Crippen MR) is 88.7 cm³/mol. The van der Waals surface area contributed by atoms with Crippen molar-refractivity contribution in [1.82, 2.24) is 4.90 Å². The van der Waals surface area contributed by atoms with E-state index in [0.29, 0.717) is 23.8 Å². The first-order valence-corrected chi connectivity index (χ1v) is 9.54. The molecule has 122 valence electrons. The van der Waals surface area contributed by atoms with Gasteiger partial charge in [0, 0.05) is 25.2 Å². The number of sulfonamides is 1. The number of nitrogens with zero attached hydrogens (tertiary/aromatic N) is 2. The van der Waals surface area contributed by atoms with E-state index in [9.17, 15) is 13.2 Å². The molecule has 1 aliphatic carbocycles. The Morgan fingerprint density at radius 1 is 1.18 bits per heavy atom. The van der Waals surface area contributed by atoms with Gasteiger partial charge in [0.25, 0.3) is 5.91 Å². The van der Waals surface area contributed by atoms with E-state index in [2.05, 4.69) is 0 Å². The molecule has 0 aromatic heterocycles. The average Bonchev–Trinajstić information content (AvgIpc) is 3.00. The Morgan fingerprint density at radius 2 is 1.73 bits per heavy atom. The largest absolute Gasteiger partial charge is 0.339 e. The van der Waals surface area contributed by atoms with Crippen LogP contribution in [0.15, 0.2) is 24.3 Å². The topological polar surface area (TPSA) is 57.7 Å². The lowest BCUT2D eigenvalue weighted by molar-refractivity contribution is 0.0735. The molecule has 1 amide bonds. The number of benzene rings is 1. The van der Waals surface area contributed by atoms with E-state index in [1.807, 2.05) is 11.9 Å². The van der Waals surface area contributed by atoms with E-state index < -0.39 is 10.0 Å². The summed E-state index contributed by atoms with van der Waals surface area (Å²) >= 11 is 0. The van der Waals surface area contributed by atoms with Crippen LogP contribution in [0, 0.1) is 0 Å². The smallest absolute Gasteiger partial charge is 0.253 e. The highest BCUT2D eigenvalue weighted by Gasteiger charge is 2.24. The summed E-state index contributed by atoms with van der Waals surface area (Å²) in [5, 5.41) is 0. The molecule has 22 heavy (non-hydrogen) atoms. The molecule has 0 N–H and O–H groups in total. The lowest BCUT2D eigenvalue weighted by Crippen LogP contribution is -2.35. The average molecular weight is 324 g/mol. The second kappa shape index (κ2) is 6.69. The molecule has 5 nitrogen and oxygen atoms in total. The van der Waals surface area contributed by atoms with Gasteiger partial charge in [-0.3, -0.25) is 9.10 Å². The van der Waals surface area contributed by atoms with Gasteiger partial charge in [-0.15, -0.1) is 0 Å². The van der Waals surface area contributed by atoms with Crippen LogP contribution in [0.3, 0.4) is 0 Å². The van der Waals surface area contributed by atoms with Gasteiger partial charge >= 0.3 is 0 Å². The van der Waals surface area contributed by atoms with Crippen LogP contribution in [-0.2, 0) is 10.0 Å². The summed E-state index contributed by atoms with van der Waals surface area (Å²) in [6, 6.07) is 7.13. The number of rotatable bonds is 5. The SMILES string of the molecule is CCN(c1ccc(C(=O)N(C)C2CCCC2)cc1)S(C)(=O)=O. The highest BCUT2D eigenvalue weighted by Crippen LogP contribution is 2.24. The van der Waals surface area contributed by atoms with Gasteiger partial charge in [-0.1, -0.05) is 12.8 Å². The first-order valence-electron chi connectivity index (χ1n) is 7.69. The molecular weight excluding hydrogens is 300 g/mol. The molecule has 1 fully saturated rings. The number of carbonyl (C=O) groups is 1. The number of anilines is 1. The number of amides is 1. The molecule has 0 bridgehead atoms. The molecule has 0 aliphatic heterocycles. The summed E-state index contributed by atoms with van der Waals surface area (Å²) < 4.78 is 24.8. The second-order valence-electron chi connectivity index (χ2n) is 5.83. The summed E-state index contributed by atoms with van der Waals surface area (Å²) in [6.45, 7) is 2.15. The first-order chi connectivity index (χ1) is 10.3. The van der Waals surface area contributed by atoms with E-state index in [0.717, 1.165) is 12.8 Å². The highest BCUT2D eigenvalue weighted by molar-refractivity contribution is 7.92. The molecule has 1 aromatic rings. The van der Waals surface area contributed by atoms with Gasteiger partial charge in [0.2, 0.25) is 10.0 Å². The standard InChI is InChI=1S/C16H24N2O3S/c1-4-18(22(3,20)21)15-11-9-13(10-12-15)16(19)17(2)14-7-5-6-8-14/h9-12,14H,4-8H2,1-3H3. The number of carbonyl (C=O) groups excluding carboxylic acids is 1. The number of hydrogen-bond acceptors (Lipinski definition) is 3. The van der Waals surface area contributed by atoms with Gasteiger partial charge < -0.3 is 4.90 Å². The van der Waals surface area contributed by atoms with Gasteiger partial charge in [-0.05, 0) is 44.0 Å². The molecule has 0 radical (unpaired) electrons. The van der Waals surface area contributed by atoms with E-state index in [-0.39, 0.29) is 5.91 Å². The van der Waals surface area contributed by atoms with Crippen LogP contribution in [0.5, 0.6) is 0 Å². The summed E-state index contributed by atoms with van der Waals surface area (Å²) in [5.74, 6) is 0.000791. The molecule has 0 spiro atoms. The number of hydrogen-bond donors (Lipinski definition) is 0. The lowest BCUT2D eigenvalue weighted by Gasteiger charge is -2.25. The van der Waals surface area contributed by atoms with Crippen LogP contribution in [0.1, 0.15) is 43.0 Å². The van der Waals surface area contributed by atoms with Gasteiger partial charge in [-0.25, -0.2) is 8.42 Å². The summed E-state index contributed by atoms with van der Waals surface area (Å²) in [4.78, 5) is 14.3. The van der Waals surface area contributed by atoms with Crippen molar-refractivity contribution in [3.8, 4) is 0 Å². The van der Waals surface area contributed by atoms with Crippen molar-refractivity contribution in [2.45, 2.75) is 38.6 Å². The third-order valence-corrected chi connectivity index (χ3v) is 5.55. The third-order valence-electron chi connectivity index (χ3n) is 4.28. The monoisotopic (exact) mass is 324 g/mol. The van der Waals surface area contributed by atoms with Crippen LogP contribution in [-0.4, -0.2) is 45.1 Å². The quantitative estimate of drug-likeness (QED) is 0.836. The highest BCUT2D eigenvalue weighted by atomic mass is 32.2. The summed E-state index contributed by atoms with van der Waals surface area (Å²) in [5.41, 5.74) is 1.19. The Bertz CT molecular complexity index is 619. The molecule has 6 heteroatoms. The van der Waals surface area contributed by atoms with Gasteiger partial charge in [0.15, 0.2) is 0 Å². The molecule has 0 unspecified atom stereocenters. The van der Waals surface area contributed by atoms with E-state index >= 15 is 0 Å². The van der Waals surface area contributed by atoms with Crippen molar-refractivity contribution in [1.29, 1.82) is 0 Å². The van der Waals surface area contributed by atoms with E-state index in [1.54, 1.807) is 31.2 Å². The maximum absolute atomic E-state index is 12.5. The Morgan fingerprint density at radius 3 is 2.18 bits per heavy atom. The first kappa shape index (κ1) is 16.8. The molecule has 0 heterocycles. The molecule has 1 aliphatic rings. The molecule has 2 rings (SSSR count). The van der Waals surface area contributed by atoms with Crippen LogP contribution in [0.25, 0.3) is 0 Å². The Hall–Kier alpha value is -1.56. The second-order valence-corrected chi connectivity index (χ2v) is 7.74. The van der Waals surface area contributed by atoms with Crippen molar-refractivity contribution in [2.75, 3.05) is 24.2 Å². The fraction of sp³-hybridized carbons (Fsp3) is 0.562. The third kappa shape index (κ3) is 3.61. The van der Waals surface area contributed by atoms with Crippen molar-refractivity contribution in [3.63, 3.8) is 0 Å². The van der Waals surface area contributed by atoms with Crippen molar-refractivity contribution >= 4 is 21.6 Å². The Kier molecular flexibility index (Phi) is 5.11. The van der Waals surface area contributed by atoms with Gasteiger partial charge in [-0.2, -0.15) is 0 Å². The fourth-order valence-electron chi connectivity index (χ4n) is 3.04. The zero-order chi connectivity index (χ0) is 16.3. The Labute approximate surface area is 133 Å². The van der Waals surface area contributed by atoms with Gasteiger partial charge in [0.05, 0.1) is 11.9 Å². The van der Waals surface area contributed by atoms with Gasteiger partial charge in [0.1, 0.15) is 0 Å². The molecule has 0 atom stereocenters. The minimum Gasteiger partial charge on any atom is -0.339 e. The molecule has 1 saturated carbocycles. The van der Waals surface area contributed by atoms with Crippen molar-refractivity contribution in [3.05, 3.63) is 29.8 Å². The van der Waals surface area contributed by atoms with Crippen LogP contribution >= 0.6 is 0 Å². The minimum absolute atomic E-state index is 0.000791. The van der Waals surface area contributed by atoms with E-state index in [4.69, 9.17) is 0 Å². The van der Waals surface area contributed by atoms with Crippen molar-refractivity contribution in [2.24, 2.45) is 0 Å².